The topological polar surface area (TPSA) is 35.5 Å². The molecule has 0 fully saturated rings. The third kappa shape index (κ3) is 3.85. The van der Waals surface area contributed by atoms with Crippen LogP contribution in [0, 0.1) is 0 Å². The molecular weight excluding hydrogens is 192 g/mol. The highest BCUT2D eigenvalue weighted by atomic mass is 16.5. The molecule has 0 aromatic heterocycles. The molecule has 0 aliphatic rings. The molecule has 3 nitrogen and oxygen atoms in total. The van der Waals surface area contributed by atoms with Gasteiger partial charge in [-0.05, 0) is 24.1 Å². The molecule has 0 radical (unpaired) electrons. The average Bonchev–Trinajstić information content (AvgIpc) is 2.29. The van der Waals surface area contributed by atoms with E-state index in [1.165, 1.54) is 13.2 Å². The molecule has 0 unspecified atom stereocenters. The lowest BCUT2D eigenvalue weighted by Gasteiger charge is -2.00. The van der Waals surface area contributed by atoms with Crippen LogP contribution >= 0.6 is 0 Å². The quantitative estimate of drug-likeness (QED) is 0.558. The van der Waals surface area contributed by atoms with Crippen LogP contribution in [-0.2, 0) is 16.0 Å². The third-order valence-electron chi connectivity index (χ3n) is 1.97. The highest BCUT2D eigenvalue weighted by Crippen LogP contribution is 2.11. The van der Waals surface area contributed by atoms with Gasteiger partial charge in [0.05, 0.1) is 14.2 Å². The van der Waals surface area contributed by atoms with Crippen LogP contribution in [0.2, 0.25) is 0 Å². The van der Waals surface area contributed by atoms with E-state index in [4.69, 9.17) is 4.74 Å². The van der Waals surface area contributed by atoms with Gasteiger partial charge in [-0.25, -0.2) is 4.79 Å². The number of benzene rings is 1. The van der Waals surface area contributed by atoms with E-state index in [0.29, 0.717) is 6.42 Å². The van der Waals surface area contributed by atoms with E-state index in [1.54, 1.807) is 13.2 Å². The van der Waals surface area contributed by atoms with Gasteiger partial charge >= 0.3 is 5.97 Å². The number of carbonyl (C=O) groups is 1. The summed E-state index contributed by atoms with van der Waals surface area (Å²) in [6.45, 7) is 0. The SMILES string of the molecule is COC(=O)/C=C\Cc1ccc(OC)cc1. The Hall–Kier alpha value is -1.77. The second-order valence-corrected chi connectivity index (χ2v) is 2.98. The molecule has 0 saturated carbocycles. The number of carbonyl (C=O) groups excluding carboxylic acids is 1. The van der Waals surface area contributed by atoms with Crippen molar-refractivity contribution in [2.45, 2.75) is 6.42 Å². The summed E-state index contributed by atoms with van der Waals surface area (Å²) >= 11 is 0. The summed E-state index contributed by atoms with van der Waals surface area (Å²) in [5, 5.41) is 0. The first kappa shape index (κ1) is 11.3. The summed E-state index contributed by atoms with van der Waals surface area (Å²) in [7, 11) is 2.99. The Morgan fingerprint density at radius 2 is 1.93 bits per heavy atom. The highest BCUT2D eigenvalue weighted by molar-refractivity contribution is 5.81. The molecular formula is C12H14O3. The Labute approximate surface area is 89.3 Å². The van der Waals surface area contributed by atoms with Crippen LogP contribution in [0.15, 0.2) is 36.4 Å². The molecule has 1 aromatic rings. The molecule has 0 aliphatic heterocycles. The number of methoxy groups -OCH3 is 2. The first-order chi connectivity index (χ1) is 7.26. The van der Waals surface area contributed by atoms with Gasteiger partial charge in [0.25, 0.3) is 0 Å². The minimum Gasteiger partial charge on any atom is -0.497 e. The van der Waals surface area contributed by atoms with Gasteiger partial charge in [-0.2, -0.15) is 0 Å². The Morgan fingerprint density at radius 1 is 1.27 bits per heavy atom. The number of allylic oxidation sites excluding steroid dienone is 1. The monoisotopic (exact) mass is 206 g/mol. The Balaban J connectivity index is 2.51. The summed E-state index contributed by atoms with van der Waals surface area (Å²) in [5.41, 5.74) is 1.12. The molecule has 0 N–H and O–H groups in total. The summed E-state index contributed by atoms with van der Waals surface area (Å²) in [6.07, 6.45) is 3.90. The lowest BCUT2D eigenvalue weighted by atomic mass is 10.1. The zero-order chi connectivity index (χ0) is 11.1. The minimum atomic E-state index is -0.330. The van der Waals surface area contributed by atoms with Crippen LogP contribution in [0.5, 0.6) is 5.75 Å². The second kappa shape index (κ2) is 5.86. The normalized spacial score (nSPS) is 10.3. The van der Waals surface area contributed by atoms with Crippen LogP contribution < -0.4 is 4.74 Å². The molecule has 0 spiro atoms. The van der Waals surface area contributed by atoms with Crippen molar-refractivity contribution in [3.05, 3.63) is 42.0 Å². The number of hydrogen-bond donors (Lipinski definition) is 0. The van der Waals surface area contributed by atoms with Gasteiger partial charge in [0.15, 0.2) is 0 Å². The molecule has 0 saturated heterocycles. The summed E-state index contributed by atoms with van der Waals surface area (Å²) in [6, 6.07) is 7.70. The van der Waals surface area contributed by atoms with E-state index in [-0.39, 0.29) is 5.97 Å². The number of hydrogen-bond acceptors (Lipinski definition) is 3. The Morgan fingerprint density at radius 3 is 2.47 bits per heavy atom. The van der Waals surface area contributed by atoms with E-state index in [2.05, 4.69) is 4.74 Å². The molecule has 0 amide bonds. The largest absolute Gasteiger partial charge is 0.497 e. The number of rotatable bonds is 4. The van der Waals surface area contributed by atoms with Gasteiger partial charge in [0.2, 0.25) is 0 Å². The molecule has 1 aromatic carbocycles. The lowest BCUT2D eigenvalue weighted by Crippen LogP contribution is -1.94. The van der Waals surface area contributed by atoms with E-state index in [1.807, 2.05) is 24.3 Å². The van der Waals surface area contributed by atoms with Gasteiger partial charge < -0.3 is 9.47 Å². The molecule has 1 rings (SSSR count). The van der Waals surface area contributed by atoms with E-state index in [9.17, 15) is 4.79 Å². The van der Waals surface area contributed by atoms with Crippen molar-refractivity contribution in [2.24, 2.45) is 0 Å². The fourth-order valence-corrected chi connectivity index (χ4v) is 1.12. The fourth-order valence-electron chi connectivity index (χ4n) is 1.12. The summed E-state index contributed by atoms with van der Waals surface area (Å²) in [5.74, 6) is 0.499. The minimum absolute atomic E-state index is 0.330. The molecule has 0 bridgehead atoms. The fraction of sp³-hybridized carbons (Fsp3) is 0.250. The molecule has 0 aliphatic carbocycles. The number of ether oxygens (including phenoxy) is 2. The highest BCUT2D eigenvalue weighted by Gasteiger charge is 1.93. The van der Waals surface area contributed by atoms with Gasteiger partial charge in [0, 0.05) is 6.08 Å². The van der Waals surface area contributed by atoms with Gasteiger partial charge in [0.1, 0.15) is 5.75 Å². The van der Waals surface area contributed by atoms with Crippen LogP contribution in [-0.4, -0.2) is 20.2 Å². The first-order valence-electron chi connectivity index (χ1n) is 4.63. The van der Waals surface area contributed by atoms with Gasteiger partial charge in [-0.15, -0.1) is 0 Å². The number of esters is 1. The van der Waals surface area contributed by atoms with Crippen LogP contribution in [0.3, 0.4) is 0 Å². The maximum Gasteiger partial charge on any atom is 0.330 e. The standard InChI is InChI=1S/C12H14O3/c1-14-11-8-6-10(7-9-11)4-3-5-12(13)15-2/h3,5-9H,4H2,1-2H3/b5-3-. The first-order valence-corrected chi connectivity index (χ1v) is 4.63. The van der Waals surface area contributed by atoms with Gasteiger partial charge in [-0.1, -0.05) is 18.2 Å². The van der Waals surface area contributed by atoms with E-state index >= 15 is 0 Å². The Kier molecular flexibility index (Phi) is 4.41. The van der Waals surface area contributed by atoms with Crippen molar-refractivity contribution in [2.75, 3.05) is 14.2 Å². The zero-order valence-corrected chi connectivity index (χ0v) is 8.90. The van der Waals surface area contributed by atoms with Crippen molar-refractivity contribution in [3.8, 4) is 5.75 Å². The van der Waals surface area contributed by atoms with Crippen LogP contribution in [0.25, 0.3) is 0 Å². The van der Waals surface area contributed by atoms with Crippen molar-refractivity contribution < 1.29 is 14.3 Å². The predicted octanol–water partition coefficient (Wildman–Crippen LogP) is 1.97. The van der Waals surface area contributed by atoms with E-state index in [0.717, 1.165) is 11.3 Å². The van der Waals surface area contributed by atoms with Crippen molar-refractivity contribution in [1.29, 1.82) is 0 Å². The molecule has 0 heterocycles. The third-order valence-corrected chi connectivity index (χ3v) is 1.97. The maximum absolute atomic E-state index is 10.8. The van der Waals surface area contributed by atoms with Crippen LogP contribution in [0.1, 0.15) is 5.56 Å². The molecule has 80 valence electrons. The zero-order valence-electron chi connectivity index (χ0n) is 8.90. The molecule has 15 heavy (non-hydrogen) atoms. The van der Waals surface area contributed by atoms with Crippen molar-refractivity contribution in [3.63, 3.8) is 0 Å². The summed E-state index contributed by atoms with van der Waals surface area (Å²) < 4.78 is 9.52. The lowest BCUT2D eigenvalue weighted by molar-refractivity contribution is -0.134. The van der Waals surface area contributed by atoms with Gasteiger partial charge in [-0.3, -0.25) is 0 Å². The smallest absolute Gasteiger partial charge is 0.330 e. The molecule has 3 heteroatoms. The average molecular weight is 206 g/mol. The van der Waals surface area contributed by atoms with Crippen molar-refractivity contribution >= 4 is 5.97 Å². The summed E-state index contributed by atoms with van der Waals surface area (Å²) in [4.78, 5) is 10.8. The molecule has 0 atom stereocenters. The van der Waals surface area contributed by atoms with E-state index < -0.39 is 0 Å². The maximum atomic E-state index is 10.8. The van der Waals surface area contributed by atoms with Crippen LogP contribution in [0.4, 0.5) is 0 Å². The Bertz CT molecular complexity index is 338. The predicted molar refractivity (Wildman–Crippen MR) is 57.9 cm³/mol. The van der Waals surface area contributed by atoms with Crippen molar-refractivity contribution in [1.82, 2.24) is 0 Å². The second-order valence-electron chi connectivity index (χ2n) is 2.98.